The molecule has 6 nitrogen and oxygen atoms in total. The first kappa shape index (κ1) is 8.41. The zero-order valence-electron chi connectivity index (χ0n) is 6.02. The SMILES string of the molecule is NNC(=O)C1C=NC(=O)C=C1O. The van der Waals surface area contributed by atoms with Crippen LogP contribution in [0, 0.1) is 5.92 Å². The summed E-state index contributed by atoms with van der Waals surface area (Å²) < 4.78 is 0. The maximum atomic E-state index is 10.8. The Labute approximate surface area is 67.7 Å². The van der Waals surface area contributed by atoms with Crippen LogP contribution in [0.15, 0.2) is 16.8 Å². The van der Waals surface area contributed by atoms with Crippen molar-refractivity contribution in [1.29, 1.82) is 0 Å². The van der Waals surface area contributed by atoms with E-state index in [1.54, 1.807) is 0 Å². The molecule has 12 heavy (non-hydrogen) atoms. The van der Waals surface area contributed by atoms with E-state index < -0.39 is 17.7 Å². The largest absolute Gasteiger partial charge is 0.511 e. The number of rotatable bonds is 1. The standard InChI is InChI=1S/C6H7N3O3/c7-9-6(12)3-2-8-5(11)1-4(3)10/h1-3,10H,7H2,(H,9,12). The highest BCUT2D eigenvalue weighted by atomic mass is 16.3. The maximum Gasteiger partial charge on any atom is 0.272 e. The number of aliphatic hydroxyl groups is 1. The van der Waals surface area contributed by atoms with Gasteiger partial charge >= 0.3 is 0 Å². The number of carbonyl (C=O) groups excluding carboxylic acids is 2. The minimum absolute atomic E-state index is 0.349. The summed E-state index contributed by atoms with van der Waals surface area (Å²) in [4.78, 5) is 24.7. The molecule has 6 heteroatoms. The number of aliphatic imine (C=N–C) groups is 1. The third-order valence-corrected chi connectivity index (χ3v) is 1.37. The number of aliphatic hydroxyl groups excluding tert-OH is 1. The highest BCUT2D eigenvalue weighted by molar-refractivity contribution is 6.05. The smallest absolute Gasteiger partial charge is 0.272 e. The van der Waals surface area contributed by atoms with Crippen molar-refractivity contribution >= 4 is 18.0 Å². The summed E-state index contributed by atoms with van der Waals surface area (Å²) in [5.41, 5.74) is 1.84. The number of hydrazine groups is 1. The van der Waals surface area contributed by atoms with Crippen molar-refractivity contribution in [2.45, 2.75) is 0 Å². The molecule has 0 aliphatic carbocycles. The summed E-state index contributed by atoms with van der Waals surface area (Å²) in [6.45, 7) is 0. The summed E-state index contributed by atoms with van der Waals surface area (Å²) in [5, 5.41) is 9.07. The molecular formula is C6H7N3O3. The van der Waals surface area contributed by atoms with Gasteiger partial charge in [0.25, 0.3) is 5.91 Å². The Balaban J connectivity index is 2.82. The third-order valence-electron chi connectivity index (χ3n) is 1.37. The van der Waals surface area contributed by atoms with Gasteiger partial charge < -0.3 is 5.11 Å². The number of hydrogen-bond donors (Lipinski definition) is 3. The second kappa shape index (κ2) is 3.14. The highest BCUT2D eigenvalue weighted by Gasteiger charge is 2.23. The molecule has 0 fully saturated rings. The molecule has 1 heterocycles. The molecule has 0 spiro atoms. The summed E-state index contributed by atoms with van der Waals surface area (Å²) in [6.07, 6.45) is 1.92. The average molecular weight is 169 g/mol. The Hall–Kier alpha value is -1.69. The molecule has 1 rings (SSSR count). The van der Waals surface area contributed by atoms with E-state index in [-0.39, 0.29) is 5.76 Å². The predicted molar refractivity (Wildman–Crippen MR) is 40.0 cm³/mol. The number of dihydropyridines is 1. The number of amides is 2. The van der Waals surface area contributed by atoms with Gasteiger partial charge in [-0.15, -0.1) is 0 Å². The number of nitrogens with two attached hydrogens (primary N) is 1. The van der Waals surface area contributed by atoms with Gasteiger partial charge in [0.05, 0.1) is 0 Å². The summed E-state index contributed by atoms with van der Waals surface area (Å²) in [7, 11) is 0. The second-order valence-electron chi connectivity index (χ2n) is 2.17. The van der Waals surface area contributed by atoms with E-state index in [9.17, 15) is 9.59 Å². The molecule has 0 aromatic rings. The second-order valence-corrected chi connectivity index (χ2v) is 2.17. The zero-order chi connectivity index (χ0) is 9.14. The van der Waals surface area contributed by atoms with E-state index in [2.05, 4.69) is 4.99 Å². The van der Waals surface area contributed by atoms with E-state index in [1.165, 1.54) is 0 Å². The van der Waals surface area contributed by atoms with Gasteiger partial charge in [-0.3, -0.25) is 15.0 Å². The Morgan fingerprint density at radius 2 is 2.42 bits per heavy atom. The van der Waals surface area contributed by atoms with Gasteiger partial charge in [-0.05, 0) is 0 Å². The van der Waals surface area contributed by atoms with Gasteiger partial charge in [0.2, 0.25) is 5.91 Å². The molecule has 0 aromatic carbocycles. The number of nitrogens with zero attached hydrogens (tertiary/aromatic N) is 1. The van der Waals surface area contributed by atoms with Crippen LogP contribution >= 0.6 is 0 Å². The van der Waals surface area contributed by atoms with Crippen LogP contribution in [0.1, 0.15) is 0 Å². The molecule has 0 saturated carbocycles. The molecule has 1 atom stereocenters. The first-order valence-electron chi connectivity index (χ1n) is 3.14. The molecule has 0 radical (unpaired) electrons. The lowest BCUT2D eigenvalue weighted by Gasteiger charge is -2.11. The minimum Gasteiger partial charge on any atom is -0.511 e. The molecule has 2 amide bonds. The summed E-state index contributed by atoms with van der Waals surface area (Å²) in [5.74, 6) is 2.31. The van der Waals surface area contributed by atoms with Gasteiger partial charge in [0.15, 0.2) is 0 Å². The molecule has 0 aromatic heterocycles. The average Bonchev–Trinajstić information content (AvgIpc) is 2.03. The van der Waals surface area contributed by atoms with Gasteiger partial charge in [0.1, 0.15) is 11.7 Å². The monoisotopic (exact) mass is 169 g/mol. The molecule has 1 aliphatic heterocycles. The fourth-order valence-corrected chi connectivity index (χ4v) is 0.770. The topological polar surface area (TPSA) is 105 Å². The number of carbonyl (C=O) groups is 2. The fourth-order valence-electron chi connectivity index (χ4n) is 0.770. The van der Waals surface area contributed by atoms with Gasteiger partial charge in [-0.2, -0.15) is 0 Å². The molecule has 64 valence electrons. The van der Waals surface area contributed by atoms with Crippen LogP contribution in [0.3, 0.4) is 0 Å². The number of hydrogen-bond acceptors (Lipinski definition) is 4. The van der Waals surface area contributed by atoms with Crippen LogP contribution in [0.2, 0.25) is 0 Å². The maximum absolute atomic E-state index is 10.8. The molecule has 0 bridgehead atoms. The Morgan fingerprint density at radius 1 is 1.75 bits per heavy atom. The van der Waals surface area contributed by atoms with Crippen molar-refractivity contribution < 1.29 is 14.7 Å². The first-order chi connectivity index (χ1) is 5.65. The zero-order valence-corrected chi connectivity index (χ0v) is 6.02. The van der Waals surface area contributed by atoms with Gasteiger partial charge in [0, 0.05) is 12.3 Å². The van der Waals surface area contributed by atoms with Crippen LogP contribution in [-0.4, -0.2) is 23.1 Å². The van der Waals surface area contributed by atoms with E-state index in [1.807, 2.05) is 5.43 Å². The van der Waals surface area contributed by atoms with Crippen LogP contribution < -0.4 is 11.3 Å². The van der Waals surface area contributed by atoms with Crippen molar-refractivity contribution in [3.63, 3.8) is 0 Å². The highest BCUT2D eigenvalue weighted by Crippen LogP contribution is 2.09. The summed E-state index contributed by atoms with van der Waals surface area (Å²) >= 11 is 0. The van der Waals surface area contributed by atoms with E-state index in [0.29, 0.717) is 0 Å². The predicted octanol–water partition coefficient (Wildman–Crippen LogP) is -1.35. The minimum atomic E-state index is -0.951. The van der Waals surface area contributed by atoms with Crippen LogP contribution in [0.4, 0.5) is 0 Å². The van der Waals surface area contributed by atoms with E-state index >= 15 is 0 Å². The number of nitrogens with one attached hydrogen (secondary N) is 1. The molecule has 1 aliphatic rings. The Kier molecular flexibility index (Phi) is 2.20. The normalized spacial score (nSPS) is 21.9. The molecule has 0 saturated heterocycles. The van der Waals surface area contributed by atoms with Crippen molar-refractivity contribution in [3.8, 4) is 0 Å². The van der Waals surface area contributed by atoms with Crippen LogP contribution in [0.25, 0.3) is 0 Å². The van der Waals surface area contributed by atoms with Crippen molar-refractivity contribution in [2.75, 3.05) is 0 Å². The van der Waals surface area contributed by atoms with E-state index in [4.69, 9.17) is 10.9 Å². The lowest BCUT2D eigenvalue weighted by molar-refractivity contribution is -0.122. The van der Waals surface area contributed by atoms with Crippen molar-refractivity contribution in [3.05, 3.63) is 11.8 Å². The fraction of sp³-hybridized carbons (Fsp3) is 0.167. The van der Waals surface area contributed by atoms with Gasteiger partial charge in [-0.1, -0.05) is 0 Å². The summed E-state index contributed by atoms with van der Waals surface area (Å²) in [6, 6.07) is 0. The lowest BCUT2D eigenvalue weighted by Crippen LogP contribution is -2.38. The lowest BCUT2D eigenvalue weighted by atomic mass is 10.1. The molecular weight excluding hydrogens is 162 g/mol. The van der Waals surface area contributed by atoms with Crippen molar-refractivity contribution in [2.24, 2.45) is 16.8 Å². The Morgan fingerprint density at radius 3 is 2.92 bits per heavy atom. The van der Waals surface area contributed by atoms with Crippen molar-refractivity contribution in [1.82, 2.24) is 5.43 Å². The first-order valence-corrected chi connectivity index (χ1v) is 3.14. The molecule has 4 N–H and O–H groups in total. The van der Waals surface area contributed by atoms with Crippen LogP contribution in [-0.2, 0) is 9.59 Å². The van der Waals surface area contributed by atoms with Crippen LogP contribution in [0.5, 0.6) is 0 Å². The Bertz CT molecular complexity index is 282. The third kappa shape index (κ3) is 1.48. The van der Waals surface area contributed by atoms with E-state index in [0.717, 1.165) is 12.3 Å². The quantitative estimate of drug-likeness (QED) is 0.256. The van der Waals surface area contributed by atoms with Gasteiger partial charge in [-0.25, -0.2) is 10.8 Å². The molecule has 1 unspecified atom stereocenters.